The lowest BCUT2D eigenvalue weighted by Crippen LogP contribution is -2.15. The summed E-state index contributed by atoms with van der Waals surface area (Å²) in [6, 6.07) is 0. The summed E-state index contributed by atoms with van der Waals surface area (Å²) in [5.74, 6) is 0.0810. The molecule has 0 aromatic carbocycles. The zero-order valence-electron chi connectivity index (χ0n) is 5.59. The minimum Gasteiger partial charge on any atom is -0.318 e. The van der Waals surface area contributed by atoms with E-state index in [4.69, 9.17) is 0 Å². The molecular weight excluding hydrogens is 114 g/mol. The van der Waals surface area contributed by atoms with Gasteiger partial charge in [-0.1, -0.05) is 6.08 Å². The molecule has 0 fully saturated rings. The highest BCUT2D eigenvalue weighted by Gasteiger charge is 2.14. The molecule has 0 bridgehead atoms. The third kappa shape index (κ3) is 0.875. The predicted molar refractivity (Wildman–Crippen MR) is 35.7 cm³/mol. The Morgan fingerprint density at radius 3 is 2.56 bits per heavy atom. The molecule has 2 heteroatoms. The second kappa shape index (κ2) is 2.05. The molecule has 1 aliphatic heterocycles. The first-order valence-electron chi connectivity index (χ1n) is 2.87. The Kier molecular flexibility index (Phi) is 1.39. The summed E-state index contributed by atoms with van der Waals surface area (Å²) in [6.07, 6.45) is 5.38. The molecule has 0 aromatic rings. The van der Waals surface area contributed by atoms with Crippen molar-refractivity contribution in [3.05, 3.63) is 23.9 Å². The number of hydrogen-bond donors (Lipinski definition) is 0. The summed E-state index contributed by atoms with van der Waals surface area (Å²) in [5, 5.41) is 0. The summed E-state index contributed by atoms with van der Waals surface area (Å²) in [7, 11) is 1.75. The number of nitrogens with zero attached hydrogens (tertiary/aromatic N) is 1. The first-order chi connectivity index (χ1) is 4.25. The Morgan fingerprint density at radius 1 is 1.67 bits per heavy atom. The third-order valence-corrected chi connectivity index (χ3v) is 1.36. The van der Waals surface area contributed by atoms with Crippen LogP contribution in [0.5, 0.6) is 0 Å². The maximum atomic E-state index is 10.9. The van der Waals surface area contributed by atoms with Gasteiger partial charge >= 0.3 is 0 Å². The van der Waals surface area contributed by atoms with Crippen molar-refractivity contribution >= 4 is 5.91 Å². The van der Waals surface area contributed by atoms with Crippen molar-refractivity contribution in [3.8, 4) is 0 Å². The Morgan fingerprint density at radius 2 is 2.33 bits per heavy atom. The molecule has 1 aliphatic rings. The standard InChI is InChI=1S/C7H9NO/c1-3-6-4-5-8(2)7(6)9/h3-5H,1-2H3/b6-3-. The van der Waals surface area contributed by atoms with Crippen molar-refractivity contribution in [2.24, 2.45) is 0 Å². The van der Waals surface area contributed by atoms with Crippen LogP contribution in [0.1, 0.15) is 6.92 Å². The fourth-order valence-electron chi connectivity index (χ4n) is 0.754. The van der Waals surface area contributed by atoms with Gasteiger partial charge in [-0.15, -0.1) is 0 Å². The van der Waals surface area contributed by atoms with Gasteiger partial charge in [-0.3, -0.25) is 4.79 Å². The number of allylic oxidation sites excluding steroid dienone is 1. The van der Waals surface area contributed by atoms with E-state index in [1.165, 1.54) is 0 Å². The van der Waals surface area contributed by atoms with E-state index in [9.17, 15) is 4.79 Å². The van der Waals surface area contributed by atoms with Gasteiger partial charge in [0.15, 0.2) is 0 Å². The van der Waals surface area contributed by atoms with E-state index in [-0.39, 0.29) is 5.91 Å². The van der Waals surface area contributed by atoms with Crippen LogP contribution in [-0.4, -0.2) is 17.9 Å². The fraction of sp³-hybridized carbons (Fsp3) is 0.286. The molecule has 0 N–H and O–H groups in total. The normalized spacial score (nSPS) is 22.2. The van der Waals surface area contributed by atoms with Crippen molar-refractivity contribution in [3.63, 3.8) is 0 Å². The van der Waals surface area contributed by atoms with Gasteiger partial charge in [0.25, 0.3) is 5.91 Å². The average Bonchev–Trinajstić information content (AvgIpc) is 2.15. The maximum Gasteiger partial charge on any atom is 0.257 e. The van der Waals surface area contributed by atoms with Gasteiger partial charge in [-0.25, -0.2) is 0 Å². The number of amides is 1. The second-order valence-corrected chi connectivity index (χ2v) is 1.98. The molecule has 1 rings (SSSR count). The molecule has 0 spiro atoms. The van der Waals surface area contributed by atoms with E-state index in [2.05, 4.69) is 0 Å². The van der Waals surface area contributed by atoms with Crippen LogP contribution in [0.2, 0.25) is 0 Å². The van der Waals surface area contributed by atoms with Crippen molar-refractivity contribution in [1.82, 2.24) is 4.90 Å². The Hall–Kier alpha value is -1.05. The quantitative estimate of drug-likeness (QED) is 0.438. The van der Waals surface area contributed by atoms with Gasteiger partial charge in [-0.05, 0) is 13.0 Å². The zero-order chi connectivity index (χ0) is 6.85. The summed E-state index contributed by atoms with van der Waals surface area (Å²) in [5.41, 5.74) is 0.775. The summed E-state index contributed by atoms with van der Waals surface area (Å²) in [4.78, 5) is 12.5. The Labute approximate surface area is 54.5 Å². The smallest absolute Gasteiger partial charge is 0.257 e. The van der Waals surface area contributed by atoms with E-state index >= 15 is 0 Å². The number of carbonyl (C=O) groups is 1. The lowest BCUT2D eigenvalue weighted by molar-refractivity contribution is -0.122. The maximum absolute atomic E-state index is 10.9. The molecule has 48 valence electrons. The van der Waals surface area contributed by atoms with Crippen molar-refractivity contribution in [2.45, 2.75) is 6.92 Å². The van der Waals surface area contributed by atoms with Crippen LogP contribution >= 0.6 is 0 Å². The number of carbonyl (C=O) groups excluding carboxylic acids is 1. The molecule has 0 radical (unpaired) electrons. The molecule has 1 amide bonds. The molecule has 9 heavy (non-hydrogen) atoms. The molecule has 0 saturated carbocycles. The van der Waals surface area contributed by atoms with Crippen LogP contribution in [0.15, 0.2) is 23.9 Å². The lowest BCUT2D eigenvalue weighted by Gasteiger charge is -2.02. The average molecular weight is 123 g/mol. The monoisotopic (exact) mass is 123 g/mol. The first-order valence-corrected chi connectivity index (χ1v) is 2.87. The molecule has 2 nitrogen and oxygen atoms in total. The van der Waals surface area contributed by atoms with Gasteiger partial charge in [-0.2, -0.15) is 0 Å². The van der Waals surface area contributed by atoms with Crippen molar-refractivity contribution < 1.29 is 4.79 Å². The molecule has 1 heterocycles. The third-order valence-electron chi connectivity index (χ3n) is 1.36. The molecule has 0 aromatic heterocycles. The van der Waals surface area contributed by atoms with Crippen LogP contribution in [0.3, 0.4) is 0 Å². The van der Waals surface area contributed by atoms with Gasteiger partial charge in [0.05, 0.1) is 0 Å². The van der Waals surface area contributed by atoms with E-state index < -0.39 is 0 Å². The first kappa shape index (κ1) is 6.08. The number of hydrogen-bond acceptors (Lipinski definition) is 1. The molecular formula is C7H9NO. The summed E-state index contributed by atoms with van der Waals surface area (Å²) < 4.78 is 0. The Balaban J connectivity index is 2.86. The van der Waals surface area contributed by atoms with E-state index in [1.807, 2.05) is 19.1 Å². The summed E-state index contributed by atoms with van der Waals surface area (Å²) in [6.45, 7) is 1.86. The van der Waals surface area contributed by atoms with Crippen molar-refractivity contribution in [1.29, 1.82) is 0 Å². The van der Waals surface area contributed by atoms with E-state index in [0.29, 0.717) is 0 Å². The van der Waals surface area contributed by atoms with Gasteiger partial charge in [0.1, 0.15) is 0 Å². The van der Waals surface area contributed by atoms with Crippen LogP contribution < -0.4 is 0 Å². The van der Waals surface area contributed by atoms with Gasteiger partial charge in [0, 0.05) is 18.8 Å². The van der Waals surface area contributed by atoms with E-state index in [1.54, 1.807) is 18.1 Å². The molecule has 0 unspecified atom stereocenters. The van der Waals surface area contributed by atoms with Crippen LogP contribution in [0.25, 0.3) is 0 Å². The summed E-state index contributed by atoms with van der Waals surface area (Å²) >= 11 is 0. The molecule has 0 atom stereocenters. The SMILES string of the molecule is C/C=C1/C=CN(C)C1=O. The number of rotatable bonds is 0. The lowest BCUT2D eigenvalue weighted by atomic mass is 10.3. The number of likely N-dealkylation sites (N-methyl/N-ethyl adjacent to an activating group) is 1. The molecule has 0 aliphatic carbocycles. The zero-order valence-corrected chi connectivity index (χ0v) is 5.59. The van der Waals surface area contributed by atoms with Gasteiger partial charge in [0.2, 0.25) is 0 Å². The minimum absolute atomic E-state index is 0.0810. The Bertz CT molecular complexity index is 191. The fourth-order valence-corrected chi connectivity index (χ4v) is 0.754. The topological polar surface area (TPSA) is 20.3 Å². The van der Waals surface area contributed by atoms with Gasteiger partial charge < -0.3 is 4.90 Å². The van der Waals surface area contributed by atoms with Crippen LogP contribution in [0, 0.1) is 0 Å². The highest BCUT2D eigenvalue weighted by Crippen LogP contribution is 2.09. The highest BCUT2D eigenvalue weighted by molar-refractivity contribution is 5.99. The van der Waals surface area contributed by atoms with Crippen LogP contribution in [-0.2, 0) is 4.79 Å². The largest absolute Gasteiger partial charge is 0.318 e. The minimum atomic E-state index is 0.0810. The van der Waals surface area contributed by atoms with Crippen LogP contribution in [0.4, 0.5) is 0 Å². The van der Waals surface area contributed by atoms with E-state index in [0.717, 1.165) is 5.57 Å². The second-order valence-electron chi connectivity index (χ2n) is 1.98. The predicted octanol–water partition coefficient (Wildman–Crippen LogP) is 0.918. The van der Waals surface area contributed by atoms with Crippen molar-refractivity contribution in [2.75, 3.05) is 7.05 Å². The molecule has 0 saturated heterocycles. The highest BCUT2D eigenvalue weighted by atomic mass is 16.2.